The quantitative estimate of drug-likeness (QED) is 0.255. The van der Waals surface area contributed by atoms with Crippen molar-refractivity contribution in [1.29, 1.82) is 0 Å². The highest BCUT2D eigenvalue weighted by Crippen LogP contribution is 2.10. The number of hydrogen-bond donors (Lipinski definition) is 2. The maximum absolute atomic E-state index is 12.1. The minimum atomic E-state index is -0.0967. The molecule has 0 radical (unpaired) electrons. The predicted molar refractivity (Wildman–Crippen MR) is 112 cm³/mol. The van der Waals surface area contributed by atoms with Crippen LogP contribution in [-0.4, -0.2) is 50.6 Å². The van der Waals surface area contributed by atoms with Crippen LogP contribution in [0, 0.1) is 0 Å². The van der Waals surface area contributed by atoms with E-state index >= 15 is 0 Å². The van der Waals surface area contributed by atoms with Gasteiger partial charge in [0.2, 0.25) is 5.91 Å². The van der Waals surface area contributed by atoms with Gasteiger partial charge in [0.25, 0.3) is 0 Å². The number of guanidine groups is 1. The Bertz CT molecular complexity index is 584. The molecule has 1 aromatic rings. The molecule has 0 aromatic heterocycles. The highest BCUT2D eigenvalue weighted by molar-refractivity contribution is 5.84. The second kappa shape index (κ2) is 13.7. The fourth-order valence-electron chi connectivity index (χ4n) is 2.54. The number of rotatable bonds is 12. The summed E-state index contributed by atoms with van der Waals surface area (Å²) in [5.41, 5.74) is 1.02. The number of nitrogens with one attached hydrogen (secondary N) is 2. The zero-order valence-corrected chi connectivity index (χ0v) is 17.0. The number of unbranched alkanes of at least 4 members (excludes halogenated alkanes) is 3. The monoisotopic (exact) mass is 374 g/mol. The lowest BCUT2D eigenvalue weighted by molar-refractivity contribution is -0.119. The second-order valence-electron chi connectivity index (χ2n) is 6.35. The molecule has 0 atom stereocenters. The van der Waals surface area contributed by atoms with Crippen LogP contribution in [0.2, 0.25) is 0 Å². The molecule has 0 bridgehead atoms. The first-order valence-electron chi connectivity index (χ1n) is 9.60. The Morgan fingerprint density at radius 2 is 1.96 bits per heavy atom. The van der Waals surface area contributed by atoms with Crippen molar-refractivity contribution in [3.05, 3.63) is 42.5 Å². The summed E-state index contributed by atoms with van der Waals surface area (Å²) in [6, 6.07) is 7.64. The molecule has 27 heavy (non-hydrogen) atoms. The molecule has 2 N–H and O–H groups in total. The number of carbonyl (C=O) groups excluding carboxylic acids is 1. The van der Waals surface area contributed by atoms with E-state index in [1.807, 2.05) is 44.3 Å². The normalized spacial score (nSPS) is 11.0. The number of allylic oxidation sites excluding steroid dienone is 1. The van der Waals surface area contributed by atoms with Crippen LogP contribution < -0.4 is 15.4 Å². The number of carbonyl (C=O) groups is 1. The Morgan fingerprint density at radius 1 is 1.22 bits per heavy atom. The second-order valence-corrected chi connectivity index (χ2v) is 6.35. The zero-order chi connectivity index (χ0) is 19.9. The summed E-state index contributed by atoms with van der Waals surface area (Å²) in [6.07, 6.45) is 6.45. The molecule has 0 unspecified atom stereocenters. The van der Waals surface area contributed by atoms with Gasteiger partial charge in [-0.1, -0.05) is 24.6 Å². The predicted octanol–water partition coefficient (Wildman–Crippen LogP) is 2.96. The Kier molecular flexibility index (Phi) is 11.4. The van der Waals surface area contributed by atoms with E-state index < -0.39 is 0 Å². The maximum Gasteiger partial charge on any atom is 0.242 e. The molecule has 0 fully saturated rings. The van der Waals surface area contributed by atoms with E-state index in [1.165, 1.54) is 6.42 Å². The van der Waals surface area contributed by atoms with Crippen molar-refractivity contribution < 1.29 is 9.53 Å². The third kappa shape index (κ3) is 9.68. The van der Waals surface area contributed by atoms with Gasteiger partial charge in [-0.05, 0) is 43.9 Å². The van der Waals surface area contributed by atoms with E-state index in [1.54, 1.807) is 7.11 Å². The van der Waals surface area contributed by atoms with Crippen LogP contribution in [0.1, 0.15) is 38.2 Å². The molecule has 6 heteroatoms. The molecule has 0 saturated carbocycles. The van der Waals surface area contributed by atoms with E-state index in [0.717, 1.165) is 49.6 Å². The van der Waals surface area contributed by atoms with Gasteiger partial charge < -0.3 is 20.3 Å². The van der Waals surface area contributed by atoms with Crippen molar-refractivity contribution in [3.63, 3.8) is 0 Å². The number of methoxy groups -OCH3 is 1. The molecule has 0 spiro atoms. The van der Waals surface area contributed by atoms with Crippen molar-refractivity contribution in [2.24, 2.45) is 4.99 Å². The highest BCUT2D eigenvalue weighted by atomic mass is 16.5. The first-order chi connectivity index (χ1) is 13.1. The lowest BCUT2D eigenvalue weighted by Gasteiger charge is -2.22. The molecule has 150 valence electrons. The van der Waals surface area contributed by atoms with Crippen molar-refractivity contribution >= 4 is 11.9 Å². The van der Waals surface area contributed by atoms with Gasteiger partial charge >= 0.3 is 0 Å². The summed E-state index contributed by atoms with van der Waals surface area (Å²) in [5.74, 6) is 1.47. The van der Waals surface area contributed by atoms with Gasteiger partial charge in [-0.15, -0.1) is 6.58 Å². The molecule has 0 heterocycles. The molecule has 1 aromatic carbocycles. The van der Waals surface area contributed by atoms with E-state index in [4.69, 9.17) is 4.74 Å². The van der Waals surface area contributed by atoms with Crippen LogP contribution in [0.3, 0.4) is 0 Å². The summed E-state index contributed by atoms with van der Waals surface area (Å²) < 4.78 is 5.13. The number of hydrogen-bond acceptors (Lipinski definition) is 3. The van der Waals surface area contributed by atoms with Gasteiger partial charge in [-0.3, -0.25) is 4.79 Å². The number of benzene rings is 1. The van der Waals surface area contributed by atoms with E-state index in [-0.39, 0.29) is 12.5 Å². The van der Waals surface area contributed by atoms with Crippen molar-refractivity contribution in [2.75, 3.05) is 33.8 Å². The fourth-order valence-corrected chi connectivity index (χ4v) is 2.54. The lowest BCUT2D eigenvalue weighted by Crippen LogP contribution is -2.40. The maximum atomic E-state index is 12.1. The lowest BCUT2D eigenvalue weighted by atomic mass is 10.2. The molecular weight excluding hydrogens is 340 g/mol. The molecule has 1 rings (SSSR count). The van der Waals surface area contributed by atoms with Crippen molar-refractivity contribution in [2.45, 2.75) is 39.2 Å². The summed E-state index contributed by atoms with van der Waals surface area (Å²) in [6.45, 7) is 8.05. The Morgan fingerprint density at radius 3 is 2.59 bits per heavy atom. The van der Waals surface area contributed by atoms with Gasteiger partial charge in [0, 0.05) is 26.7 Å². The molecular formula is C21H34N4O2. The number of aliphatic imine (C=N–C) groups is 1. The summed E-state index contributed by atoms with van der Waals surface area (Å²) in [5, 5.41) is 6.14. The number of nitrogens with zero attached hydrogens (tertiary/aromatic N) is 2. The van der Waals surface area contributed by atoms with E-state index in [9.17, 15) is 4.79 Å². The average molecular weight is 375 g/mol. The first-order valence-corrected chi connectivity index (χ1v) is 9.60. The summed E-state index contributed by atoms with van der Waals surface area (Å²) in [4.78, 5) is 18.6. The highest BCUT2D eigenvalue weighted by Gasteiger charge is 2.07. The zero-order valence-electron chi connectivity index (χ0n) is 17.0. The van der Waals surface area contributed by atoms with Crippen LogP contribution in [-0.2, 0) is 11.3 Å². The fraction of sp³-hybridized carbons (Fsp3) is 0.524. The molecule has 0 aliphatic rings. The number of amides is 1. The van der Waals surface area contributed by atoms with Crippen molar-refractivity contribution in [1.82, 2.24) is 15.5 Å². The third-order valence-corrected chi connectivity index (χ3v) is 4.12. The van der Waals surface area contributed by atoms with Crippen molar-refractivity contribution in [3.8, 4) is 5.75 Å². The largest absolute Gasteiger partial charge is 0.497 e. The SMILES string of the molecule is C=CCCCCCN(C)C(=NCC(=O)NCc1ccc(OC)cc1)NCC. The van der Waals surface area contributed by atoms with Gasteiger partial charge in [0.1, 0.15) is 12.3 Å². The Labute approximate surface area is 163 Å². The van der Waals surface area contributed by atoms with E-state index in [0.29, 0.717) is 6.54 Å². The van der Waals surface area contributed by atoms with Gasteiger partial charge in [-0.25, -0.2) is 4.99 Å². The molecule has 0 aliphatic carbocycles. The summed E-state index contributed by atoms with van der Waals surface area (Å²) in [7, 11) is 3.64. The molecule has 6 nitrogen and oxygen atoms in total. The smallest absolute Gasteiger partial charge is 0.242 e. The topological polar surface area (TPSA) is 66.0 Å². The molecule has 0 saturated heterocycles. The minimum Gasteiger partial charge on any atom is -0.497 e. The summed E-state index contributed by atoms with van der Waals surface area (Å²) >= 11 is 0. The van der Waals surface area contributed by atoms with Crippen LogP contribution in [0.25, 0.3) is 0 Å². The van der Waals surface area contributed by atoms with Gasteiger partial charge in [0.15, 0.2) is 5.96 Å². The van der Waals surface area contributed by atoms with Gasteiger partial charge in [-0.2, -0.15) is 0 Å². The van der Waals surface area contributed by atoms with Crippen LogP contribution in [0.4, 0.5) is 0 Å². The first kappa shape index (κ1) is 22.5. The van der Waals surface area contributed by atoms with Crippen LogP contribution >= 0.6 is 0 Å². The number of ether oxygens (including phenoxy) is 1. The van der Waals surface area contributed by atoms with E-state index in [2.05, 4.69) is 27.1 Å². The Balaban J connectivity index is 2.42. The third-order valence-electron chi connectivity index (χ3n) is 4.12. The molecule has 1 amide bonds. The van der Waals surface area contributed by atoms with Gasteiger partial charge in [0.05, 0.1) is 7.11 Å². The van der Waals surface area contributed by atoms with Crippen LogP contribution in [0.5, 0.6) is 5.75 Å². The van der Waals surface area contributed by atoms with Crippen LogP contribution in [0.15, 0.2) is 41.9 Å². The standard InChI is InChI=1S/C21H34N4O2/c1-5-7-8-9-10-15-25(3)21(22-6-2)24-17-20(26)23-16-18-11-13-19(27-4)14-12-18/h5,11-14H,1,6-10,15-17H2,2-4H3,(H,22,24)(H,23,26). The molecule has 0 aliphatic heterocycles. The Hall–Kier alpha value is -2.50. The average Bonchev–Trinajstić information content (AvgIpc) is 2.69. The minimum absolute atomic E-state index is 0.0967.